The molecule has 0 N–H and O–H groups in total. The smallest absolute Gasteiger partial charge is 0.430 e. The summed E-state index contributed by atoms with van der Waals surface area (Å²) in [6.45, 7) is 0.411. The molecule has 0 amide bonds. The number of hydrogen-bond donors (Lipinski definition) is 0. The summed E-state index contributed by atoms with van der Waals surface area (Å²) in [4.78, 5) is 11.4. The lowest BCUT2D eigenvalue weighted by Gasteiger charge is -2.37. The number of halogens is 6. The van der Waals surface area contributed by atoms with Crippen LogP contribution in [0.3, 0.4) is 0 Å². The number of alkyl halides is 6. The second-order valence-corrected chi connectivity index (χ2v) is 11.3. The molecule has 49 heavy (non-hydrogen) atoms. The van der Waals surface area contributed by atoms with Crippen molar-refractivity contribution in [1.29, 1.82) is 0 Å². The SMILES string of the molecule is COC(=O)CCc1ccc(OC[C@H](Cc2ccccc2)Oc2ccc(C(OCc3ccc(OC)cc3)(C(F)(F)F)C(F)(F)F)cc2C)cc1. The molecule has 0 saturated carbocycles. The van der Waals surface area contributed by atoms with E-state index >= 15 is 0 Å². The number of methoxy groups -OCH3 is 2. The lowest BCUT2D eigenvalue weighted by Crippen LogP contribution is -2.55. The molecule has 0 aromatic heterocycles. The summed E-state index contributed by atoms with van der Waals surface area (Å²) >= 11 is 0. The summed E-state index contributed by atoms with van der Waals surface area (Å²) in [7, 11) is 2.70. The van der Waals surface area contributed by atoms with E-state index in [4.69, 9.17) is 18.9 Å². The maximum Gasteiger partial charge on any atom is 0.430 e. The van der Waals surface area contributed by atoms with Gasteiger partial charge in [0.1, 0.15) is 30.0 Å². The molecule has 6 nitrogen and oxygen atoms in total. The predicted molar refractivity (Wildman–Crippen MR) is 170 cm³/mol. The van der Waals surface area contributed by atoms with Crippen LogP contribution in [0.1, 0.15) is 34.2 Å². The van der Waals surface area contributed by atoms with Crippen molar-refractivity contribution in [2.45, 2.75) is 56.9 Å². The molecular weight excluding hydrogens is 654 g/mol. The summed E-state index contributed by atoms with van der Waals surface area (Å²) in [5.41, 5.74) is -3.84. The number of benzene rings is 4. The van der Waals surface area contributed by atoms with Crippen LogP contribution in [-0.4, -0.2) is 45.3 Å². The average Bonchev–Trinajstić information content (AvgIpc) is 3.07. The van der Waals surface area contributed by atoms with Gasteiger partial charge in [-0.3, -0.25) is 4.79 Å². The Morgan fingerprint density at radius 3 is 1.92 bits per heavy atom. The summed E-state index contributed by atoms with van der Waals surface area (Å²) in [5.74, 6) is 0.645. The van der Waals surface area contributed by atoms with Crippen molar-refractivity contribution in [2.24, 2.45) is 0 Å². The van der Waals surface area contributed by atoms with Crippen LogP contribution in [0.4, 0.5) is 26.3 Å². The van der Waals surface area contributed by atoms with Crippen molar-refractivity contribution < 1.29 is 54.8 Å². The fourth-order valence-electron chi connectivity index (χ4n) is 5.13. The van der Waals surface area contributed by atoms with Gasteiger partial charge in [0.25, 0.3) is 5.60 Å². The molecule has 12 heteroatoms. The standard InChI is InChI=1S/C37H36F6O6/c1-25-21-29(35(36(38,39)40,37(41,42)43)48-23-28-11-15-30(45-2)16-12-28)14-19-33(25)49-32(22-27-7-5-4-6-8-27)24-47-31-17-9-26(10-18-31)13-20-34(44)46-3/h4-12,14-19,21,32H,13,20,22-24H2,1-3H3/t32-/m0/s1. The third kappa shape index (κ3) is 9.47. The van der Waals surface area contributed by atoms with Crippen LogP contribution in [0.25, 0.3) is 0 Å². The fraction of sp³-hybridized carbons (Fsp3) is 0.324. The van der Waals surface area contributed by atoms with E-state index in [2.05, 4.69) is 4.74 Å². The Hall–Kier alpha value is -4.71. The van der Waals surface area contributed by atoms with E-state index in [1.165, 1.54) is 45.4 Å². The predicted octanol–water partition coefficient (Wildman–Crippen LogP) is 8.72. The Kier molecular flexibility index (Phi) is 12.2. The highest BCUT2D eigenvalue weighted by atomic mass is 19.4. The van der Waals surface area contributed by atoms with Crippen LogP contribution in [0, 0.1) is 6.92 Å². The van der Waals surface area contributed by atoms with Gasteiger partial charge < -0.3 is 23.7 Å². The molecule has 0 saturated heterocycles. The molecule has 0 aliphatic rings. The van der Waals surface area contributed by atoms with E-state index in [0.717, 1.165) is 29.3 Å². The number of carbonyl (C=O) groups is 1. The summed E-state index contributed by atoms with van der Waals surface area (Å²) in [6, 6.07) is 24.4. The van der Waals surface area contributed by atoms with Crippen molar-refractivity contribution in [3.8, 4) is 17.2 Å². The molecular formula is C37H36F6O6. The monoisotopic (exact) mass is 690 g/mol. The first-order valence-electron chi connectivity index (χ1n) is 15.3. The zero-order valence-corrected chi connectivity index (χ0v) is 27.1. The highest BCUT2D eigenvalue weighted by molar-refractivity contribution is 5.69. The number of ether oxygens (including phenoxy) is 5. The number of hydrogen-bond acceptors (Lipinski definition) is 6. The number of carbonyl (C=O) groups excluding carboxylic acids is 1. The third-order valence-corrected chi connectivity index (χ3v) is 7.80. The van der Waals surface area contributed by atoms with E-state index in [0.29, 0.717) is 24.3 Å². The second-order valence-electron chi connectivity index (χ2n) is 11.3. The van der Waals surface area contributed by atoms with Crippen LogP contribution in [-0.2, 0) is 39.3 Å². The molecule has 0 spiro atoms. The minimum atomic E-state index is -5.86. The minimum Gasteiger partial charge on any atom is -0.497 e. The Morgan fingerprint density at radius 1 is 0.735 bits per heavy atom. The van der Waals surface area contributed by atoms with Gasteiger partial charge in [-0.2, -0.15) is 26.3 Å². The molecule has 0 radical (unpaired) electrons. The van der Waals surface area contributed by atoms with Gasteiger partial charge in [0.15, 0.2) is 0 Å². The van der Waals surface area contributed by atoms with Gasteiger partial charge in [0.2, 0.25) is 0 Å². The van der Waals surface area contributed by atoms with Gasteiger partial charge in [-0.15, -0.1) is 0 Å². The minimum absolute atomic E-state index is 0.0115. The normalized spacial score (nSPS) is 12.7. The van der Waals surface area contributed by atoms with Crippen LogP contribution >= 0.6 is 0 Å². The highest BCUT2D eigenvalue weighted by Gasteiger charge is 2.73. The molecule has 262 valence electrons. The van der Waals surface area contributed by atoms with Crippen molar-refractivity contribution in [3.05, 3.63) is 125 Å². The van der Waals surface area contributed by atoms with Crippen molar-refractivity contribution in [2.75, 3.05) is 20.8 Å². The van der Waals surface area contributed by atoms with E-state index < -0.39 is 36.2 Å². The van der Waals surface area contributed by atoms with Gasteiger partial charge in [0, 0.05) is 18.4 Å². The molecule has 4 aromatic rings. The summed E-state index contributed by atoms with van der Waals surface area (Å²) < 4.78 is 114. The first-order valence-corrected chi connectivity index (χ1v) is 15.3. The largest absolute Gasteiger partial charge is 0.497 e. The quantitative estimate of drug-likeness (QED) is 0.0919. The van der Waals surface area contributed by atoms with Gasteiger partial charge >= 0.3 is 18.3 Å². The van der Waals surface area contributed by atoms with Gasteiger partial charge in [0.05, 0.1) is 20.8 Å². The second kappa shape index (κ2) is 16.1. The molecule has 4 rings (SSSR count). The van der Waals surface area contributed by atoms with E-state index in [1.807, 2.05) is 30.3 Å². The lowest BCUT2D eigenvalue weighted by molar-refractivity contribution is -0.392. The maximum absolute atomic E-state index is 14.5. The first kappa shape index (κ1) is 37.1. The van der Waals surface area contributed by atoms with E-state index in [1.54, 1.807) is 24.3 Å². The van der Waals surface area contributed by atoms with Gasteiger partial charge in [-0.05, 0) is 72.0 Å². The molecule has 0 bridgehead atoms. The Bertz CT molecular complexity index is 1620. The lowest BCUT2D eigenvalue weighted by atomic mass is 9.90. The van der Waals surface area contributed by atoms with Crippen LogP contribution < -0.4 is 14.2 Å². The zero-order chi connectivity index (χ0) is 35.7. The van der Waals surface area contributed by atoms with Gasteiger partial charge in [-0.25, -0.2) is 0 Å². The summed E-state index contributed by atoms with van der Waals surface area (Å²) in [6.07, 6.45) is -11.3. The van der Waals surface area contributed by atoms with E-state index in [-0.39, 0.29) is 35.9 Å². The van der Waals surface area contributed by atoms with Crippen molar-refractivity contribution in [3.63, 3.8) is 0 Å². The Labute approximate surface area is 280 Å². The van der Waals surface area contributed by atoms with Crippen LogP contribution in [0.15, 0.2) is 97.1 Å². The number of rotatable bonds is 15. The Balaban J connectivity index is 1.57. The molecule has 0 fully saturated rings. The maximum atomic E-state index is 14.5. The number of esters is 1. The van der Waals surface area contributed by atoms with Crippen molar-refractivity contribution >= 4 is 5.97 Å². The van der Waals surface area contributed by atoms with Crippen LogP contribution in [0.5, 0.6) is 17.2 Å². The molecule has 0 unspecified atom stereocenters. The van der Waals surface area contributed by atoms with Crippen molar-refractivity contribution in [1.82, 2.24) is 0 Å². The fourth-order valence-corrected chi connectivity index (χ4v) is 5.13. The third-order valence-electron chi connectivity index (χ3n) is 7.80. The summed E-state index contributed by atoms with van der Waals surface area (Å²) in [5, 5.41) is 0. The first-order chi connectivity index (χ1) is 23.3. The molecule has 0 aliphatic carbocycles. The molecule has 0 heterocycles. The molecule has 4 aromatic carbocycles. The topological polar surface area (TPSA) is 63.2 Å². The van der Waals surface area contributed by atoms with Crippen LogP contribution in [0.2, 0.25) is 0 Å². The average molecular weight is 691 g/mol. The van der Waals surface area contributed by atoms with Gasteiger partial charge in [-0.1, -0.05) is 60.7 Å². The zero-order valence-electron chi connectivity index (χ0n) is 27.1. The van der Waals surface area contributed by atoms with E-state index in [9.17, 15) is 31.1 Å². The highest BCUT2D eigenvalue weighted by Crippen LogP contribution is 2.54. The number of aryl methyl sites for hydroxylation is 2. The molecule has 1 atom stereocenters. The Morgan fingerprint density at radius 2 is 1.35 bits per heavy atom. The molecule has 0 aliphatic heterocycles.